The molecular weight excluding hydrogens is 659 g/mol. The van der Waals surface area contributed by atoms with Crippen molar-refractivity contribution < 1.29 is 14.3 Å². The lowest BCUT2D eigenvalue weighted by atomic mass is 10.2. The van der Waals surface area contributed by atoms with E-state index >= 15 is 0 Å². The van der Waals surface area contributed by atoms with Crippen LogP contribution >= 0.6 is 80.1 Å². The molecule has 0 N–H and O–H groups in total. The van der Waals surface area contributed by atoms with Crippen LogP contribution in [0.25, 0.3) is 6.08 Å². The molecule has 0 spiro atoms. The second-order valence-electron chi connectivity index (χ2n) is 6.48. The smallest absolute Gasteiger partial charge is 0.293 e. The summed E-state index contributed by atoms with van der Waals surface area (Å²) in [4.78, 5) is 26.3. The van der Waals surface area contributed by atoms with Gasteiger partial charge in [0, 0.05) is 21.7 Å². The summed E-state index contributed by atoms with van der Waals surface area (Å²) in [6.45, 7) is 3.96. The molecule has 152 valence electrons. The molecule has 0 radical (unpaired) electrons. The minimum atomic E-state index is -0.252. The van der Waals surface area contributed by atoms with Crippen molar-refractivity contribution in [3.63, 3.8) is 0 Å². The molecule has 0 bridgehead atoms. The molecule has 0 saturated carbocycles. The second kappa shape index (κ2) is 9.76. The number of halogens is 4. The summed E-state index contributed by atoms with van der Waals surface area (Å²) in [5.41, 5.74) is 1.68. The van der Waals surface area contributed by atoms with Crippen LogP contribution in [0.1, 0.15) is 25.0 Å². The average molecular weight is 674 g/mol. The van der Waals surface area contributed by atoms with Gasteiger partial charge in [-0.15, -0.1) is 0 Å². The van der Waals surface area contributed by atoms with Crippen molar-refractivity contribution in [1.82, 2.24) is 4.90 Å². The Morgan fingerprint density at radius 2 is 1.79 bits per heavy atom. The van der Waals surface area contributed by atoms with E-state index in [1.165, 1.54) is 4.90 Å². The first kappa shape index (κ1) is 23.2. The van der Waals surface area contributed by atoms with Gasteiger partial charge in [-0.3, -0.25) is 14.5 Å². The molecule has 0 aliphatic carbocycles. The molecular formula is C20H15Cl2I2NO3S. The van der Waals surface area contributed by atoms with Gasteiger partial charge >= 0.3 is 0 Å². The lowest BCUT2D eigenvalue weighted by Crippen LogP contribution is -2.34. The summed E-state index contributed by atoms with van der Waals surface area (Å²) in [6, 6.07) is 8.98. The van der Waals surface area contributed by atoms with Crippen LogP contribution in [0.3, 0.4) is 0 Å². The van der Waals surface area contributed by atoms with E-state index in [-0.39, 0.29) is 17.2 Å². The van der Waals surface area contributed by atoms with Gasteiger partial charge < -0.3 is 4.74 Å². The Kier molecular flexibility index (Phi) is 7.80. The molecule has 0 unspecified atom stereocenters. The van der Waals surface area contributed by atoms with E-state index in [0.29, 0.717) is 21.6 Å². The molecule has 0 atom stereocenters. The first-order chi connectivity index (χ1) is 13.7. The first-order valence-corrected chi connectivity index (χ1v) is 12.2. The number of imide groups is 1. The predicted molar refractivity (Wildman–Crippen MR) is 136 cm³/mol. The quantitative estimate of drug-likeness (QED) is 0.248. The van der Waals surface area contributed by atoms with Gasteiger partial charge in [-0.25, -0.2) is 0 Å². The molecule has 1 fully saturated rings. The molecule has 0 aromatic heterocycles. The van der Waals surface area contributed by atoms with E-state index in [1.54, 1.807) is 18.2 Å². The Labute approximate surface area is 210 Å². The van der Waals surface area contributed by atoms with Crippen LogP contribution in [0.4, 0.5) is 4.79 Å². The van der Waals surface area contributed by atoms with Crippen LogP contribution < -0.4 is 4.74 Å². The molecule has 1 aliphatic rings. The van der Waals surface area contributed by atoms with Gasteiger partial charge in [-0.1, -0.05) is 29.3 Å². The number of nitrogens with zero attached hydrogens (tertiary/aromatic N) is 1. The molecule has 2 aromatic rings. The number of hydrogen-bond donors (Lipinski definition) is 0. The highest BCUT2D eigenvalue weighted by Crippen LogP contribution is 2.36. The largest absolute Gasteiger partial charge is 0.487 e. The van der Waals surface area contributed by atoms with Crippen LogP contribution in [0.15, 0.2) is 35.2 Å². The summed E-state index contributed by atoms with van der Waals surface area (Å²) in [7, 11) is 0. The summed E-state index contributed by atoms with van der Waals surface area (Å²) < 4.78 is 7.78. The van der Waals surface area contributed by atoms with Crippen LogP contribution in [0, 0.1) is 7.14 Å². The molecule has 1 heterocycles. The van der Waals surface area contributed by atoms with E-state index in [0.717, 1.165) is 35.8 Å². The topological polar surface area (TPSA) is 46.6 Å². The molecule has 2 aromatic carbocycles. The molecule has 2 amide bonds. The third kappa shape index (κ3) is 5.41. The highest BCUT2D eigenvalue weighted by atomic mass is 127. The monoisotopic (exact) mass is 673 g/mol. The third-order valence-corrected chi connectivity index (χ3v) is 7.12. The summed E-state index contributed by atoms with van der Waals surface area (Å²) in [5, 5.41) is 0.898. The maximum Gasteiger partial charge on any atom is 0.293 e. The van der Waals surface area contributed by atoms with Crippen molar-refractivity contribution in [3.8, 4) is 5.75 Å². The molecule has 1 saturated heterocycles. The second-order valence-corrected chi connectivity index (χ2v) is 10.6. The van der Waals surface area contributed by atoms with Crippen molar-refractivity contribution in [2.75, 3.05) is 0 Å². The Hall–Kier alpha value is -0.490. The van der Waals surface area contributed by atoms with Gasteiger partial charge in [0.05, 0.1) is 12.0 Å². The maximum atomic E-state index is 12.5. The Morgan fingerprint density at radius 3 is 2.34 bits per heavy atom. The normalized spacial score (nSPS) is 15.7. The number of thioether (sulfide) groups is 1. The first-order valence-electron chi connectivity index (χ1n) is 8.50. The number of carbonyl (C=O) groups is 2. The van der Waals surface area contributed by atoms with Crippen molar-refractivity contribution in [2.24, 2.45) is 0 Å². The zero-order chi connectivity index (χ0) is 21.3. The van der Waals surface area contributed by atoms with Gasteiger partial charge in [-0.2, -0.15) is 0 Å². The van der Waals surface area contributed by atoms with Gasteiger partial charge in [0.15, 0.2) is 0 Å². The molecule has 3 rings (SSSR count). The van der Waals surface area contributed by atoms with Crippen LogP contribution in [0.2, 0.25) is 10.0 Å². The fourth-order valence-electron chi connectivity index (χ4n) is 2.67. The zero-order valence-corrected chi connectivity index (χ0v) is 22.0. The lowest BCUT2D eigenvalue weighted by Gasteiger charge is -2.16. The van der Waals surface area contributed by atoms with Crippen LogP contribution in [-0.4, -0.2) is 22.1 Å². The lowest BCUT2D eigenvalue weighted by molar-refractivity contribution is -0.123. The number of ether oxygens (including phenoxy) is 1. The fraction of sp³-hybridized carbons (Fsp3) is 0.200. The molecule has 9 heteroatoms. The van der Waals surface area contributed by atoms with Crippen molar-refractivity contribution >= 4 is 97.4 Å². The highest BCUT2D eigenvalue weighted by Gasteiger charge is 2.36. The SMILES string of the molecule is CC(C)N1C(=O)S/C(=C/c2cc(I)c(OCc3ccc(Cl)cc3Cl)c(I)c2)C1=O. The average Bonchev–Trinajstić information content (AvgIpc) is 2.89. The summed E-state index contributed by atoms with van der Waals surface area (Å²) in [5.74, 6) is 0.488. The molecule has 29 heavy (non-hydrogen) atoms. The van der Waals surface area contributed by atoms with Crippen LogP contribution in [0.5, 0.6) is 5.75 Å². The Balaban J connectivity index is 1.81. The summed E-state index contributed by atoms with van der Waals surface area (Å²) in [6.07, 6.45) is 1.75. The summed E-state index contributed by atoms with van der Waals surface area (Å²) >= 11 is 17.5. The fourth-order valence-corrected chi connectivity index (χ4v) is 6.22. The number of hydrogen-bond acceptors (Lipinski definition) is 4. The standard InChI is InChI=1S/C20H15Cl2I2NO3S/c1-10(2)25-19(26)17(29-20(25)27)7-11-5-15(23)18(16(24)6-11)28-9-12-3-4-13(21)8-14(12)22/h3-8,10H,9H2,1-2H3/b17-7+. The van der Waals surface area contributed by atoms with E-state index in [2.05, 4.69) is 45.2 Å². The Bertz CT molecular complexity index is 1000. The number of amides is 2. The van der Waals surface area contributed by atoms with E-state index in [9.17, 15) is 9.59 Å². The molecule has 4 nitrogen and oxygen atoms in total. The third-order valence-electron chi connectivity index (χ3n) is 4.05. The van der Waals surface area contributed by atoms with Gasteiger partial charge in [-0.05, 0) is 107 Å². The van der Waals surface area contributed by atoms with E-state index < -0.39 is 0 Å². The van der Waals surface area contributed by atoms with E-state index in [1.807, 2.05) is 32.0 Å². The van der Waals surface area contributed by atoms with Crippen molar-refractivity contribution in [1.29, 1.82) is 0 Å². The van der Waals surface area contributed by atoms with E-state index in [4.69, 9.17) is 27.9 Å². The van der Waals surface area contributed by atoms with Gasteiger partial charge in [0.2, 0.25) is 0 Å². The highest BCUT2D eigenvalue weighted by molar-refractivity contribution is 14.1. The Morgan fingerprint density at radius 1 is 1.14 bits per heavy atom. The minimum Gasteiger partial charge on any atom is -0.487 e. The van der Waals surface area contributed by atoms with Crippen LogP contribution in [-0.2, 0) is 11.4 Å². The molecule has 1 aliphatic heterocycles. The van der Waals surface area contributed by atoms with Gasteiger partial charge in [0.25, 0.3) is 11.1 Å². The van der Waals surface area contributed by atoms with Crippen molar-refractivity contribution in [2.45, 2.75) is 26.5 Å². The zero-order valence-electron chi connectivity index (χ0n) is 15.3. The predicted octanol–water partition coefficient (Wildman–Crippen LogP) is 7.23. The number of carbonyl (C=O) groups excluding carboxylic acids is 2. The van der Waals surface area contributed by atoms with Crippen molar-refractivity contribution in [3.05, 3.63) is 63.5 Å². The maximum absolute atomic E-state index is 12.5. The van der Waals surface area contributed by atoms with Gasteiger partial charge in [0.1, 0.15) is 12.4 Å². The minimum absolute atomic E-state index is 0.163. The number of benzene rings is 2. The number of rotatable bonds is 5.